The molecule has 2 aromatic carbocycles. The topological polar surface area (TPSA) is 92.8 Å². The van der Waals surface area contributed by atoms with Crippen molar-refractivity contribution in [2.45, 2.75) is 51.5 Å². The number of hydrogen-bond acceptors (Lipinski definition) is 5. The van der Waals surface area contributed by atoms with Crippen LogP contribution in [0.5, 0.6) is 5.75 Å². The lowest BCUT2D eigenvalue weighted by molar-refractivity contribution is -0.139. The summed E-state index contributed by atoms with van der Waals surface area (Å²) in [7, 11) is -4.01. The third kappa shape index (κ3) is 6.32. The minimum absolute atomic E-state index is 0.00937. The Labute approximate surface area is 189 Å². The molecule has 0 aromatic heterocycles. The Hall–Kier alpha value is -2.87. The Morgan fingerprint density at radius 1 is 1.06 bits per heavy atom. The van der Waals surface area contributed by atoms with Crippen LogP contribution in [0.4, 0.5) is 5.69 Å². The zero-order valence-electron chi connectivity index (χ0n) is 18.7. The minimum Gasteiger partial charge on any atom is -0.379 e. The van der Waals surface area contributed by atoms with Crippen LogP contribution in [-0.4, -0.2) is 31.7 Å². The van der Waals surface area contributed by atoms with Crippen LogP contribution in [0.25, 0.3) is 0 Å². The molecular formula is C24H30N2O5S. The molecule has 1 aliphatic rings. The highest BCUT2D eigenvalue weighted by Gasteiger charge is 2.29. The molecule has 7 nitrogen and oxygen atoms in total. The normalized spacial score (nSPS) is 14.0. The zero-order chi connectivity index (χ0) is 23.3. The number of amides is 2. The van der Waals surface area contributed by atoms with E-state index in [2.05, 4.69) is 19.2 Å². The molecule has 3 rings (SSSR count). The van der Waals surface area contributed by atoms with Gasteiger partial charge in [0.05, 0.1) is 0 Å². The predicted molar refractivity (Wildman–Crippen MR) is 123 cm³/mol. The van der Waals surface area contributed by atoms with Gasteiger partial charge in [-0.25, -0.2) is 0 Å². The molecule has 172 valence electrons. The summed E-state index contributed by atoms with van der Waals surface area (Å²) in [5.74, 6) is 0.664. The third-order valence-electron chi connectivity index (χ3n) is 5.32. The molecule has 0 unspecified atom stereocenters. The summed E-state index contributed by atoms with van der Waals surface area (Å²) in [5, 5.41) is 2.59. The Kier molecular flexibility index (Phi) is 7.56. The van der Waals surface area contributed by atoms with E-state index in [9.17, 15) is 18.0 Å². The first-order valence-corrected chi connectivity index (χ1v) is 12.2. The molecule has 2 amide bonds. The fourth-order valence-electron chi connectivity index (χ4n) is 3.54. The SMILES string of the molecule is CC(=O)Nc1ccc(S(=O)(=O)Oc2ccc(CN(CC(C)C)C(=O)C3CCC3)cc2)cc1. The molecule has 0 radical (unpaired) electrons. The number of carbonyl (C=O) groups excluding carboxylic acids is 2. The highest BCUT2D eigenvalue weighted by atomic mass is 32.2. The first-order valence-electron chi connectivity index (χ1n) is 10.8. The average molecular weight is 459 g/mol. The van der Waals surface area contributed by atoms with Gasteiger partial charge in [0.2, 0.25) is 11.8 Å². The predicted octanol–water partition coefficient (Wildman–Crippen LogP) is 4.20. The van der Waals surface area contributed by atoms with Crippen LogP contribution in [0.3, 0.4) is 0 Å². The van der Waals surface area contributed by atoms with Crippen molar-refractivity contribution in [1.29, 1.82) is 0 Å². The summed E-state index contributed by atoms with van der Waals surface area (Å²) in [6.45, 7) is 6.74. The molecule has 8 heteroatoms. The Morgan fingerprint density at radius 2 is 1.69 bits per heavy atom. The van der Waals surface area contributed by atoms with Crippen molar-refractivity contribution >= 4 is 27.6 Å². The van der Waals surface area contributed by atoms with Gasteiger partial charge in [-0.15, -0.1) is 0 Å². The van der Waals surface area contributed by atoms with E-state index in [0.717, 1.165) is 24.8 Å². The van der Waals surface area contributed by atoms with Gasteiger partial charge in [0.15, 0.2) is 0 Å². The smallest absolute Gasteiger partial charge is 0.339 e. The molecule has 0 bridgehead atoms. The Balaban J connectivity index is 1.66. The fourth-order valence-corrected chi connectivity index (χ4v) is 4.47. The summed E-state index contributed by atoms with van der Waals surface area (Å²) in [6.07, 6.45) is 3.04. The van der Waals surface area contributed by atoms with Crippen molar-refractivity contribution in [3.05, 3.63) is 54.1 Å². The zero-order valence-corrected chi connectivity index (χ0v) is 19.5. The molecule has 0 spiro atoms. The lowest BCUT2D eigenvalue weighted by Crippen LogP contribution is -2.40. The summed E-state index contributed by atoms with van der Waals surface area (Å²) < 4.78 is 30.4. The van der Waals surface area contributed by atoms with Crippen molar-refractivity contribution in [1.82, 2.24) is 4.90 Å². The molecule has 0 saturated heterocycles. The molecule has 1 saturated carbocycles. The van der Waals surface area contributed by atoms with Crippen LogP contribution in [0, 0.1) is 11.8 Å². The van der Waals surface area contributed by atoms with E-state index in [-0.39, 0.29) is 28.4 Å². The standard InChI is InChI=1S/C24H30N2O5S/c1-17(2)15-26(24(28)20-5-4-6-20)16-19-7-11-22(12-8-19)31-32(29,30)23-13-9-21(10-14-23)25-18(3)27/h7-14,17,20H,4-6,15-16H2,1-3H3,(H,25,27). The highest BCUT2D eigenvalue weighted by Crippen LogP contribution is 2.29. The van der Waals surface area contributed by atoms with Gasteiger partial charge in [-0.1, -0.05) is 32.4 Å². The van der Waals surface area contributed by atoms with Gasteiger partial charge < -0.3 is 14.4 Å². The molecule has 0 atom stereocenters. The maximum Gasteiger partial charge on any atom is 0.339 e. The molecule has 32 heavy (non-hydrogen) atoms. The second-order valence-electron chi connectivity index (χ2n) is 8.63. The number of nitrogens with one attached hydrogen (secondary N) is 1. The van der Waals surface area contributed by atoms with E-state index in [1.54, 1.807) is 24.3 Å². The number of carbonyl (C=O) groups is 2. The van der Waals surface area contributed by atoms with Gasteiger partial charge in [-0.2, -0.15) is 8.42 Å². The average Bonchev–Trinajstić information content (AvgIpc) is 2.67. The van der Waals surface area contributed by atoms with Crippen LogP contribution in [0.2, 0.25) is 0 Å². The molecule has 1 N–H and O–H groups in total. The Bertz CT molecular complexity index is 1040. The van der Waals surface area contributed by atoms with Crippen LogP contribution >= 0.6 is 0 Å². The first kappa shape index (κ1) is 23.8. The second-order valence-corrected chi connectivity index (χ2v) is 10.2. The molecular weight excluding hydrogens is 428 g/mol. The van der Waals surface area contributed by atoms with E-state index in [1.165, 1.54) is 31.2 Å². The van der Waals surface area contributed by atoms with Gasteiger partial charge in [0.25, 0.3) is 0 Å². The van der Waals surface area contributed by atoms with E-state index in [1.807, 2.05) is 4.90 Å². The van der Waals surface area contributed by atoms with Crippen molar-refractivity contribution in [3.63, 3.8) is 0 Å². The quantitative estimate of drug-likeness (QED) is 0.569. The van der Waals surface area contributed by atoms with Crippen LogP contribution < -0.4 is 9.50 Å². The third-order valence-corrected chi connectivity index (χ3v) is 6.58. The van der Waals surface area contributed by atoms with Gasteiger partial charge in [-0.3, -0.25) is 9.59 Å². The van der Waals surface area contributed by atoms with Crippen molar-refractivity contribution in [3.8, 4) is 5.75 Å². The number of rotatable bonds is 9. The highest BCUT2D eigenvalue weighted by molar-refractivity contribution is 7.87. The maximum absolute atomic E-state index is 12.8. The molecule has 0 heterocycles. The molecule has 1 fully saturated rings. The number of nitrogens with zero attached hydrogens (tertiary/aromatic N) is 1. The molecule has 2 aromatic rings. The van der Waals surface area contributed by atoms with E-state index in [0.29, 0.717) is 24.7 Å². The van der Waals surface area contributed by atoms with Crippen molar-refractivity contribution < 1.29 is 22.2 Å². The number of hydrogen-bond donors (Lipinski definition) is 1. The largest absolute Gasteiger partial charge is 0.379 e. The summed E-state index contributed by atoms with van der Waals surface area (Å²) in [4.78, 5) is 25.7. The summed E-state index contributed by atoms with van der Waals surface area (Å²) in [6, 6.07) is 12.5. The number of benzene rings is 2. The van der Waals surface area contributed by atoms with Gasteiger partial charge in [-0.05, 0) is 60.7 Å². The lowest BCUT2D eigenvalue weighted by atomic mass is 9.84. The van der Waals surface area contributed by atoms with Crippen molar-refractivity contribution in [2.75, 3.05) is 11.9 Å². The maximum atomic E-state index is 12.8. The first-order chi connectivity index (χ1) is 15.1. The fraction of sp³-hybridized carbons (Fsp3) is 0.417. The Morgan fingerprint density at radius 3 is 2.19 bits per heavy atom. The second kappa shape index (κ2) is 10.2. The van der Waals surface area contributed by atoms with E-state index >= 15 is 0 Å². The van der Waals surface area contributed by atoms with Gasteiger partial charge in [0, 0.05) is 31.6 Å². The summed E-state index contributed by atoms with van der Waals surface area (Å²) >= 11 is 0. The van der Waals surface area contributed by atoms with Gasteiger partial charge in [0.1, 0.15) is 10.6 Å². The monoisotopic (exact) mass is 458 g/mol. The van der Waals surface area contributed by atoms with Crippen LogP contribution in [-0.2, 0) is 26.3 Å². The van der Waals surface area contributed by atoms with Crippen LogP contribution in [0.1, 0.15) is 45.6 Å². The van der Waals surface area contributed by atoms with E-state index in [4.69, 9.17) is 4.18 Å². The van der Waals surface area contributed by atoms with Crippen LogP contribution in [0.15, 0.2) is 53.4 Å². The molecule has 0 aliphatic heterocycles. The molecule has 1 aliphatic carbocycles. The minimum atomic E-state index is -4.01. The lowest BCUT2D eigenvalue weighted by Gasteiger charge is -2.32. The van der Waals surface area contributed by atoms with E-state index < -0.39 is 10.1 Å². The number of anilines is 1. The van der Waals surface area contributed by atoms with Crippen molar-refractivity contribution in [2.24, 2.45) is 11.8 Å². The summed E-state index contributed by atoms with van der Waals surface area (Å²) in [5.41, 5.74) is 1.42. The van der Waals surface area contributed by atoms with Gasteiger partial charge >= 0.3 is 10.1 Å².